The number of rotatable bonds is 4. The van der Waals surface area contributed by atoms with Crippen molar-refractivity contribution >= 4 is 0 Å². The normalized spacial score (nSPS) is 24.9. The van der Waals surface area contributed by atoms with Crippen LogP contribution in [0.5, 0.6) is 5.75 Å². The number of hydrogen-bond donors (Lipinski definition) is 1. The van der Waals surface area contributed by atoms with Crippen LogP contribution in [0.4, 0.5) is 0 Å². The first kappa shape index (κ1) is 12.4. The Morgan fingerprint density at radius 2 is 2.24 bits per heavy atom. The van der Waals surface area contributed by atoms with Gasteiger partial charge in [-0.15, -0.1) is 0 Å². The third-order valence-electron chi connectivity index (χ3n) is 2.80. The van der Waals surface area contributed by atoms with Crippen LogP contribution in [0.3, 0.4) is 0 Å². The van der Waals surface area contributed by atoms with Gasteiger partial charge in [-0.1, -0.05) is 18.2 Å². The van der Waals surface area contributed by atoms with Crippen molar-refractivity contribution < 1.29 is 19.3 Å². The Kier molecular flexibility index (Phi) is 3.99. The Labute approximate surface area is 101 Å². The van der Waals surface area contributed by atoms with Crippen molar-refractivity contribution in [1.29, 1.82) is 0 Å². The van der Waals surface area contributed by atoms with Gasteiger partial charge in [-0.25, -0.2) is 0 Å². The van der Waals surface area contributed by atoms with Gasteiger partial charge in [-0.2, -0.15) is 0 Å². The van der Waals surface area contributed by atoms with Gasteiger partial charge in [-0.05, 0) is 13.0 Å². The smallest absolute Gasteiger partial charge is 0.125 e. The summed E-state index contributed by atoms with van der Waals surface area (Å²) < 4.78 is 16.3. The maximum Gasteiger partial charge on any atom is 0.125 e. The van der Waals surface area contributed by atoms with Gasteiger partial charge in [0, 0.05) is 12.7 Å². The fourth-order valence-electron chi connectivity index (χ4n) is 2.01. The third kappa shape index (κ3) is 2.77. The first-order chi connectivity index (χ1) is 8.22. The lowest BCUT2D eigenvalue weighted by molar-refractivity contribution is -0.114. The fraction of sp³-hybridized carbons (Fsp3) is 0.538. The van der Waals surface area contributed by atoms with Crippen LogP contribution in [0.2, 0.25) is 0 Å². The minimum absolute atomic E-state index is 0.0616. The average Bonchev–Trinajstić information content (AvgIpc) is 2.33. The molecular weight excluding hydrogens is 220 g/mol. The molecule has 0 radical (unpaired) electrons. The average molecular weight is 238 g/mol. The zero-order valence-corrected chi connectivity index (χ0v) is 10.1. The molecule has 1 aromatic carbocycles. The Morgan fingerprint density at radius 3 is 3.00 bits per heavy atom. The molecule has 0 amide bonds. The van der Waals surface area contributed by atoms with Gasteiger partial charge in [-0.3, -0.25) is 0 Å². The second-order valence-corrected chi connectivity index (χ2v) is 4.23. The van der Waals surface area contributed by atoms with E-state index in [-0.39, 0.29) is 12.2 Å². The Bertz CT molecular complexity index is 366. The zero-order valence-electron chi connectivity index (χ0n) is 10.1. The van der Waals surface area contributed by atoms with Crippen molar-refractivity contribution in [1.82, 2.24) is 0 Å². The standard InChI is InChI=1S/C13H18O4/c1-9(7-15-2)17-12-8-16-11-6-4-3-5-10(11)13(12)14/h3-6,9,12-14H,7-8H2,1-2H3. The van der Waals surface area contributed by atoms with Crippen LogP contribution in [0.25, 0.3) is 0 Å². The molecule has 94 valence electrons. The van der Waals surface area contributed by atoms with Gasteiger partial charge >= 0.3 is 0 Å². The number of fused-ring (bicyclic) bond motifs is 1. The van der Waals surface area contributed by atoms with Crippen molar-refractivity contribution in [3.63, 3.8) is 0 Å². The minimum Gasteiger partial charge on any atom is -0.490 e. The molecule has 4 heteroatoms. The SMILES string of the molecule is COCC(C)OC1COc2ccccc2C1O. The highest BCUT2D eigenvalue weighted by Crippen LogP contribution is 2.33. The molecule has 3 unspecified atom stereocenters. The van der Waals surface area contributed by atoms with Crippen LogP contribution in [0, 0.1) is 0 Å². The van der Waals surface area contributed by atoms with Crippen LogP contribution >= 0.6 is 0 Å². The third-order valence-corrected chi connectivity index (χ3v) is 2.80. The van der Waals surface area contributed by atoms with E-state index in [4.69, 9.17) is 14.2 Å². The topological polar surface area (TPSA) is 47.9 Å². The molecule has 1 N–H and O–H groups in total. The molecule has 3 atom stereocenters. The van der Waals surface area contributed by atoms with Gasteiger partial charge in [0.05, 0.1) is 12.7 Å². The van der Waals surface area contributed by atoms with Crippen LogP contribution < -0.4 is 4.74 Å². The van der Waals surface area contributed by atoms with Crippen molar-refractivity contribution in [3.8, 4) is 5.75 Å². The predicted molar refractivity (Wildman–Crippen MR) is 63.1 cm³/mol. The Hall–Kier alpha value is -1.10. The van der Waals surface area contributed by atoms with E-state index in [1.807, 2.05) is 31.2 Å². The molecule has 0 saturated heterocycles. The van der Waals surface area contributed by atoms with Crippen LogP contribution in [0.15, 0.2) is 24.3 Å². The lowest BCUT2D eigenvalue weighted by Gasteiger charge is -2.31. The Morgan fingerprint density at radius 1 is 1.47 bits per heavy atom. The second-order valence-electron chi connectivity index (χ2n) is 4.23. The van der Waals surface area contributed by atoms with Crippen LogP contribution in [0.1, 0.15) is 18.6 Å². The number of methoxy groups -OCH3 is 1. The quantitative estimate of drug-likeness (QED) is 0.864. The van der Waals surface area contributed by atoms with E-state index in [1.165, 1.54) is 0 Å². The lowest BCUT2D eigenvalue weighted by Crippen LogP contribution is -2.36. The van der Waals surface area contributed by atoms with E-state index in [0.717, 1.165) is 11.3 Å². The van der Waals surface area contributed by atoms with E-state index < -0.39 is 6.10 Å². The van der Waals surface area contributed by atoms with E-state index >= 15 is 0 Å². The number of para-hydroxylation sites is 1. The van der Waals surface area contributed by atoms with Crippen LogP contribution in [-0.2, 0) is 9.47 Å². The molecule has 17 heavy (non-hydrogen) atoms. The Balaban J connectivity index is 2.04. The highest BCUT2D eigenvalue weighted by atomic mass is 16.6. The highest BCUT2D eigenvalue weighted by molar-refractivity contribution is 5.37. The van der Waals surface area contributed by atoms with Gasteiger partial charge in [0.15, 0.2) is 0 Å². The summed E-state index contributed by atoms with van der Waals surface area (Å²) in [4.78, 5) is 0. The highest BCUT2D eigenvalue weighted by Gasteiger charge is 2.30. The molecule has 0 bridgehead atoms. The molecule has 0 fully saturated rings. The van der Waals surface area contributed by atoms with Gasteiger partial charge < -0.3 is 19.3 Å². The van der Waals surface area contributed by atoms with Crippen LogP contribution in [-0.4, -0.2) is 37.6 Å². The summed E-state index contributed by atoms with van der Waals surface area (Å²) in [6, 6.07) is 7.48. The summed E-state index contributed by atoms with van der Waals surface area (Å²) in [5.74, 6) is 0.735. The molecule has 1 aliphatic heterocycles. The van der Waals surface area contributed by atoms with Crippen molar-refractivity contribution in [2.24, 2.45) is 0 Å². The molecule has 1 aromatic rings. The minimum atomic E-state index is -0.640. The maximum absolute atomic E-state index is 10.2. The van der Waals surface area contributed by atoms with Crippen molar-refractivity contribution in [2.45, 2.75) is 25.2 Å². The van der Waals surface area contributed by atoms with Gasteiger partial charge in [0.25, 0.3) is 0 Å². The van der Waals surface area contributed by atoms with E-state index in [2.05, 4.69) is 0 Å². The summed E-state index contributed by atoms with van der Waals surface area (Å²) in [6.07, 6.45) is -1.04. The summed E-state index contributed by atoms with van der Waals surface area (Å²) >= 11 is 0. The second kappa shape index (κ2) is 5.49. The molecule has 1 heterocycles. The van der Waals surface area contributed by atoms with Crippen molar-refractivity contribution in [3.05, 3.63) is 29.8 Å². The van der Waals surface area contributed by atoms with E-state index in [9.17, 15) is 5.11 Å². The molecule has 0 aliphatic carbocycles. The van der Waals surface area contributed by atoms with E-state index in [0.29, 0.717) is 13.2 Å². The molecule has 0 aromatic heterocycles. The first-order valence-electron chi connectivity index (χ1n) is 5.76. The molecular formula is C13H18O4. The number of aliphatic hydroxyl groups excluding tert-OH is 1. The number of ether oxygens (including phenoxy) is 3. The monoisotopic (exact) mass is 238 g/mol. The summed E-state index contributed by atoms with van der Waals surface area (Å²) in [7, 11) is 1.63. The molecule has 0 spiro atoms. The molecule has 2 rings (SSSR count). The van der Waals surface area contributed by atoms with Gasteiger partial charge in [0.2, 0.25) is 0 Å². The zero-order chi connectivity index (χ0) is 12.3. The summed E-state index contributed by atoms with van der Waals surface area (Å²) in [6.45, 7) is 2.79. The van der Waals surface area contributed by atoms with Gasteiger partial charge in [0.1, 0.15) is 24.6 Å². The lowest BCUT2D eigenvalue weighted by atomic mass is 10.0. The fourth-order valence-corrected chi connectivity index (χ4v) is 2.01. The summed E-state index contributed by atoms with van der Waals surface area (Å²) in [5, 5.41) is 10.2. The number of hydrogen-bond acceptors (Lipinski definition) is 4. The maximum atomic E-state index is 10.2. The molecule has 4 nitrogen and oxygen atoms in total. The largest absolute Gasteiger partial charge is 0.490 e. The first-order valence-corrected chi connectivity index (χ1v) is 5.76. The number of aliphatic hydroxyl groups is 1. The predicted octanol–water partition coefficient (Wildman–Crippen LogP) is 1.53. The summed E-state index contributed by atoms with van der Waals surface area (Å²) in [5.41, 5.74) is 0.786. The molecule has 1 aliphatic rings. The molecule has 0 saturated carbocycles. The van der Waals surface area contributed by atoms with Crippen molar-refractivity contribution in [2.75, 3.05) is 20.3 Å². The number of benzene rings is 1. The van der Waals surface area contributed by atoms with E-state index in [1.54, 1.807) is 7.11 Å².